The van der Waals surface area contributed by atoms with E-state index in [2.05, 4.69) is 4.99 Å². The van der Waals surface area contributed by atoms with Crippen molar-refractivity contribution >= 4 is 11.9 Å². The molecule has 0 aromatic heterocycles. The first-order valence-corrected chi connectivity index (χ1v) is 5.24. The number of benzene rings is 1. The van der Waals surface area contributed by atoms with Crippen LogP contribution in [0.3, 0.4) is 0 Å². The normalized spacial score (nSPS) is 14.4. The van der Waals surface area contributed by atoms with Gasteiger partial charge in [-0.1, -0.05) is 12.1 Å². The van der Waals surface area contributed by atoms with Gasteiger partial charge >= 0.3 is 5.97 Å². The van der Waals surface area contributed by atoms with Crippen LogP contribution in [0.1, 0.15) is 17.5 Å². The van der Waals surface area contributed by atoms with E-state index in [1.165, 1.54) is 0 Å². The quantitative estimate of drug-likeness (QED) is 0.834. The number of carboxylic acid groups (broad SMARTS) is 1. The lowest BCUT2D eigenvalue weighted by Crippen LogP contribution is -2.03. The highest BCUT2D eigenvalue weighted by Gasteiger charge is 2.10. The van der Waals surface area contributed by atoms with Crippen molar-refractivity contribution in [1.29, 1.82) is 0 Å². The lowest BCUT2D eigenvalue weighted by atomic mass is 10.1. The number of aliphatic imine (C=N–C) groups is 1. The Hall–Kier alpha value is -1.84. The van der Waals surface area contributed by atoms with Crippen molar-refractivity contribution in [2.24, 2.45) is 4.99 Å². The van der Waals surface area contributed by atoms with Crippen molar-refractivity contribution in [1.82, 2.24) is 0 Å². The summed E-state index contributed by atoms with van der Waals surface area (Å²) in [5.74, 6) is -0.114. The van der Waals surface area contributed by atoms with Gasteiger partial charge in [0.05, 0.1) is 6.54 Å². The van der Waals surface area contributed by atoms with Gasteiger partial charge in [0.2, 0.25) is 5.90 Å². The van der Waals surface area contributed by atoms with Crippen LogP contribution < -0.4 is 0 Å². The molecule has 4 heteroatoms. The van der Waals surface area contributed by atoms with Crippen molar-refractivity contribution in [3.05, 3.63) is 35.4 Å². The summed E-state index contributed by atoms with van der Waals surface area (Å²) in [4.78, 5) is 14.7. The zero-order chi connectivity index (χ0) is 11.4. The molecule has 0 atom stereocenters. The third-order valence-corrected chi connectivity index (χ3v) is 2.39. The number of ether oxygens (including phenoxy) is 1. The van der Waals surface area contributed by atoms with Gasteiger partial charge in [-0.15, -0.1) is 0 Å². The van der Waals surface area contributed by atoms with E-state index in [-0.39, 0.29) is 6.42 Å². The number of aliphatic carboxylic acids is 1. The maximum Gasteiger partial charge on any atom is 0.303 e. The van der Waals surface area contributed by atoms with E-state index in [9.17, 15) is 4.79 Å². The summed E-state index contributed by atoms with van der Waals surface area (Å²) in [6.45, 7) is 1.34. The fraction of sp³-hybridized carbons (Fsp3) is 0.333. The Morgan fingerprint density at radius 2 is 2.38 bits per heavy atom. The van der Waals surface area contributed by atoms with E-state index < -0.39 is 5.97 Å². The molecule has 1 N–H and O–H groups in total. The molecule has 1 aliphatic rings. The Morgan fingerprint density at radius 3 is 3.06 bits per heavy atom. The molecule has 0 saturated heterocycles. The summed E-state index contributed by atoms with van der Waals surface area (Å²) >= 11 is 0. The highest BCUT2D eigenvalue weighted by atomic mass is 16.5. The van der Waals surface area contributed by atoms with Crippen LogP contribution in [-0.4, -0.2) is 30.1 Å². The minimum absolute atomic E-state index is 0.150. The highest BCUT2D eigenvalue weighted by molar-refractivity contribution is 5.95. The number of nitrogens with zero attached hydrogens (tertiary/aromatic N) is 1. The molecule has 2 rings (SSSR count). The van der Waals surface area contributed by atoms with E-state index in [1.807, 2.05) is 24.3 Å². The summed E-state index contributed by atoms with van der Waals surface area (Å²) < 4.78 is 5.35. The first-order valence-electron chi connectivity index (χ1n) is 5.24. The number of aryl methyl sites for hydroxylation is 1. The fourth-order valence-corrected chi connectivity index (χ4v) is 1.62. The Kier molecular flexibility index (Phi) is 3.19. The Bertz CT molecular complexity index is 426. The second kappa shape index (κ2) is 4.79. The van der Waals surface area contributed by atoms with Gasteiger partial charge in [-0.05, 0) is 24.1 Å². The molecule has 1 aliphatic heterocycles. The van der Waals surface area contributed by atoms with Crippen molar-refractivity contribution in [2.45, 2.75) is 12.8 Å². The lowest BCUT2D eigenvalue weighted by molar-refractivity contribution is -0.136. The largest absolute Gasteiger partial charge is 0.481 e. The molecular formula is C12H13NO3. The van der Waals surface area contributed by atoms with Crippen molar-refractivity contribution in [3.63, 3.8) is 0 Å². The Balaban J connectivity index is 2.10. The average molecular weight is 219 g/mol. The number of rotatable bonds is 4. The number of carboxylic acids is 1. The zero-order valence-electron chi connectivity index (χ0n) is 8.85. The second-order valence-electron chi connectivity index (χ2n) is 3.63. The van der Waals surface area contributed by atoms with Gasteiger partial charge in [-0.25, -0.2) is 4.99 Å². The topological polar surface area (TPSA) is 58.9 Å². The first-order chi connectivity index (χ1) is 7.75. The standard InChI is InChI=1S/C12H13NO3/c14-11(15)5-4-9-2-1-3-10(8-9)12-13-6-7-16-12/h1-3,8H,4-7H2,(H,14,15). The molecule has 4 nitrogen and oxygen atoms in total. The van der Waals surface area contributed by atoms with E-state index >= 15 is 0 Å². The molecule has 1 heterocycles. The summed E-state index contributed by atoms with van der Waals surface area (Å²) in [6.07, 6.45) is 0.688. The Morgan fingerprint density at radius 1 is 1.50 bits per heavy atom. The number of hydrogen-bond donors (Lipinski definition) is 1. The maximum absolute atomic E-state index is 10.5. The highest BCUT2D eigenvalue weighted by Crippen LogP contribution is 2.11. The SMILES string of the molecule is O=C(O)CCc1cccc(C2=NCCO2)c1. The van der Waals surface area contributed by atoms with Crippen molar-refractivity contribution < 1.29 is 14.6 Å². The van der Waals surface area contributed by atoms with Crippen LogP contribution in [0.2, 0.25) is 0 Å². The molecule has 0 saturated carbocycles. The second-order valence-corrected chi connectivity index (χ2v) is 3.63. The van der Waals surface area contributed by atoms with Crippen molar-refractivity contribution in [2.75, 3.05) is 13.2 Å². The van der Waals surface area contributed by atoms with Gasteiger partial charge in [0.15, 0.2) is 0 Å². The molecule has 0 aliphatic carbocycles. The van der Waals surface area contributed by atoms with E-state index in [0.717, 1.165) is 11.1 Å². The van der Waals surface area contributed by atoms with E-state index in [0.29, 0.717) is 25.5 Å². The molecule has 0 bridgehead atoms. The molecular weight excluding hydrogens is 206 g/mol. The molecule has 0 spiro atoms. The van der Waals surface area contributed by atoms with Crippen LogP contribution in [0, 0.1) is 0 Å². The van der Waals surface area contributed by atoms with Crippen LogP contribution in [0.5, 0.6) is 0 Å². The van der Waals surface area contributed by atoms with Gasteiger partial charge < -0.3 is 9.84 Å². The maximum atomic E-state index is 10.5. The molecule has 0 radical (unpaired) electrons. The molecule has 84 valence electrons. The van der Waals surface area contributed by atoms with Crippen LogP contribution >= 0.6 is 0 Å². The van der Waals surface area contributed by atoms with E-state index in [1.54, 1.807) is 0 Å². The van der Waals surface area contributed by atoms with Crippen LogP contribution in [-0.2, 0) is 16.0 Å². The monoisotopic (exact) mass is 219 g/mol. The van der Waals surface area contributed by atoms with E-state index in [4.69, 9.17) is 9.84 Å². The van der Waals surface area contributed by atoms with Crippen LogP contribution in [0.15, 0.2) is 29.3 Å². The smallest absolute Gasteiger partial charge is 0.303 e. The van der Waals surface area contributed by atoms with Gasteiger partial charge in [0.1, 0.15) is 6.61 Å². The predicted octanol–water partition coefficient (Wildman–Crippen LogP) is 1.48. The minimum Gasteiger partial charge on any atom is -0.481 e. The molecule has 0 amide bonds. The summed E-state index contributed by atoms with van der Waals surface area (Å²) in [7, 11) is 0. The molecule has 1 aromatic rings. The zero-order valence-corrected chi connectivity index (χ0v) is 8.85. The third kappa shape index (κ3) is 2.59. The molecule has 0 fully saturated rings. The summed E-state index contributed by atoms with van der Waals surface area (Å²) in [6, 6.07) is 7.68. The number of carbonyl (C=O) groups is 1. The average Bonchev–Trinajstić information content (AvgIpc) is 2.80. The van der Waals surface area contributed by atoms with Crippen LogP contribution in [0.25, 0.3) is 0 Å². The summed E-state index contributed by atoms with van der Waals surface area (Å²) in [5, 5.41) is 8.61. The van der Waals surface area contributed by atoms with Gasteiger partial charge in [-0.2, -0.15) is 0 Å². The fourth-order valence-electron chi connectivity index (χ4n) is 1.62. The first kappa shape index (κ1) is 10.7. The molecule has 1 aromatic carbocycles. The minimum atomic E-state index is -0.778. The third-order valence-electron chi connectivity index (χ3n) is 2.39. The van der Waals surface area contributed by atoms with Gasteiger partial charge in [0, 0.05) is 12.0 Å². The molecule has 0 unspecified atom stereocenters. The summed E-state index contributed by atoms with van der Waals surface area (Å²) in [5.41, 5.74) is 1.93. The predicted molar refractivity (Wildman–Crippen MR) is 59.8 cm³/mol. The van der Waals surface area contributed by atoms with Crippen molar-refractivity contribution in [3.8, 4) is 0 Å². The Labute approximate surface area is 93.6 Å². The number of hydrogen-bond acceptors (Lipinski definition) is 3. The van der Waals surface area contributed by atoms with Crippen LogP contribution in [0.4, 0.5) is 0 Å². The van der Waals surface area contributed by atoms with Gasteiger partial charge in [0.25, 0.3) is 0 Å². The van der Waals surface area contributed by atoms with Gasteiger partial charge in [-0.3, -0.25) is 4.79 Å². The molecule has 16 heavy (non-hydrogen) atoms. The lowest BCUT2D eigenvalue weighted by Gasteiger charge is -2.04.